The number of carbonyl (C=O) groups excluding carboxylic acids is 1. The predicted octanol–water partition coefficient (Wildman–Crippen LogP) is 3.47. The average molecular weight is 408 g/mol. The van der Waals surface area contributed by atoms with Crippen molar-refractivity contribution in [3.8, 4) is 11.4 Å². The van der Waals surface area contributed by atoms with Crippen molar-refractivity contribution in [2.24, 2.45) is 0 Å². The van der Waals surface area contributed by atoms with Crippen molar-refractivity contribution in [3.05, 3.63) is 76.0 Å². The number of tetrazole rings is 1. The molecule has 29 heavy (non-hydrogen) atoms. The van der Waals surface area contributed by atoms with Crippen molar-refractivity contribution in [2.75, 3.05) is 5.32 Å². The standard InChI is InChI=1S/C20H17FN6OS/c1-13-2-8-16(9-3-13)22-18(28)10-19-23-17(12-29-19)11-27-25-20(24-26-27)14-4-6-15(21)7-5-14/h2-9,12H,10-11H2,1H3,(H,22,28). The minimum absolute atomic E-state index is 0.118. The van der Waals surface area contributed by atoms with E-state index in [9.17, 15) is 9.18 Å². The number of hydrogen-bond donors (Lipinski definition) is 1. The van der Waals surface area contributed by atoms with Crippen molar-refractivity contribution in [1.29, 1.82) is 0 Å². The minimum atomic E-state index is -0.317. The number of aromatic nitrogens is 5. The van der Waals surface area contributed by atoms with Crippen LogP contribution in [0, 0.1) is 12.7 Å². The fourth-order valence-electron chi connectivity index (χ4n) is 2.65. The summed E-state index contributed by atoms with van der Waals surface area (Å²) in [5.41, 5.74) is 3.33. The Balaban J connectivity index is 1.36. The van der Waals surface area contributed by atoms with Crippen LogP contribution in [0.15, 0.2) is 53.9 Å². The molecule has 9 heteroatoms. The number of carbonyl (C=O) groups is 1. The summed E-state index contributed by atoms with van der Waals surface area (Å²) in [7, 11) is 0. The van der Waals surface area contributed by atoms with Gasteiger partial charge in [-0.3, -0.25) is 4.79 Å². The molecule has 0 aliphatic carbocycles. The molecule has 2 aromatic heterocycles. The molecule has 4 rings (SSSR count). The van der Waals surface area contributed by atoms with Crippen molar-refractivity contribution < 1.29 is 9.18 Å². The molecule has 0 fully saturated rings. The van der Waals surface area contributed by atoms with Crippen molar-refractivity contribution in [3.63, 3.8) is 0 Å². The van der Waals surface area contributed by atoms with Crippen LogP contribution < -0.4 is 5.32 Å². The topological polar surface area (TPSA) is 85.6 Å². The number of anilines is 1. The third-order valence-electron chi connectivity index (χ3n) is 4.11. The van der Waals surface area contributed by atoms with Gasteiger partial charge in [0.25, 0.3) is 0 Å². The second-order valence-electron chi connectivity index (χ2n) is 6.47. The average Bonchev–Trinajstić information content (AvgIpc) is 3.34. The Morgan fingerprint density at radius 1 is 1.14 bits per heavy atom. The van der Waals surface area contributed by atoms with Crippen molar-refractivity contribution in [1.82, 2.24) is 25.2 Å². The number of nitrogens with zero attached hydrogens (tertiary/aromatic N) is 5. The molecule has 146 valence electrons. The second-order valence-corrected chi connectivity index (χ2v) is 7.42. The lowest BCUT2D eigenvalue weighted by molar-refractivity contribution is -0.115. The molecule has 0 spiro atoms. The van der Waals surface area contributed by atoms with E-state index in [1.54, 1.807) is 12.1 Å². The lowest BCUT2D eigenvalue weighted by Gasteiger charge is -2.04. The molecule has 0 aliphatic rings. The van der Waals surface area contributed by atoms with Crippen molar-refractivity contribution >= 4 is 22.9 Å². The van der Waals surface area contributed by atoms with Gasteiger partial charge in [-0.25, -0.2) is 9.37 Å². The summed E-state index contributed by atoms with van der Waals surface area (Å²) in [6, 6.07) is 13.5. The lowest BCUT2D eigenvalue weighted by atomic mass is 10.2. The summed E-state index contributed by atoms with van der Waals surface area (Å²) in [4.78, 5) is 18.1. The molecule has 1 N–H and O–H groups in total. The van der Waals surface area contributed by atoms with Gasteiger partial charge in [-0.1, -0.05) is 17.7 Å². The summed E-state index contributed by atoms with van der Waals surface area (Å²) >= 11 is 1.41. The maximum atomic E-state index is 13.0. The van der Waals surface area contributed by atoms with Crippen LogP contribution in [0.1, 0.15) is 16.3 Å². The number of nitrogens with one attached hydrogen (secondary N) is 1. The maximum absolute atomic E-state index is 13.0. The van der Waals surface area contributed by atoms with Gasteiger partial charge in [0, 0.05) is 16.6 Å². The first kappa shape index (κ1) is 18.9. The first-order chi connectivity index (χ1) is 14.0. The van der Waals surface area contributed by atoms with Crippen LogP contribution in [-0.2, 0) is 17.8 Å². The summed E-state index contributed by atoms with van der Waals surface area (Å²) in [6.07, 6.45) is 0.199. The van der Waals surface area contributed by atoms with E-state index in [0.29, 0.717) is 22.9 Å². The Morgan fingerprint density at radius 2 is 1.90 bits per heavy atom. The van der Waals surface area contributed by atoms with Gasteiger partial charge in [-0.05, 0) is 48.5 Å². The minimum Gasteiger partial charge on any atom is -0.326 e. The van der Waals surface area contributed by atoms with E-state index in [1.165, 1.54) is 28.3 Å². The van der Waals surface area contributed by atoms with Crippen LogP contribution >= 0.6 is 11.3 Å². The molecule has 2 heterocycles. The van der Waals surface area contributed by atoms with Crippen LogP contribution in [0.2, 0.25) is 0 Å². The van der Waals surface area contributed by atoms with Gasteiger partial charge in [0.2, 0.25) is 11.7 Å². The smallest absolute Gasteiger partial charge is 0.231 e. The monoisotopic (exact) mass is 408 g/mol. The van der Waals surface area contributed by atoms with Gasteiger partial charge in [0.1, 0.15) is 17.4 Å². The van der Waals surface area contributed by atoms with Gasteiger partial charge >= 0.3 is 0 Å². The molecule has 0 radical (unpaired) electrons. The van der Waals surface area contributed by atoms with Crippen LogP contribution in [0.3, 0.4) is 0 Å². The summed E-state index contributed by atoms with van der Waals surface area (Å²) in [5.74, 6) is -0.0206. The third kappa shape index (κ3) is 4.88. The van der Waals surface area contributed by atoms with E-state index in [1.807, 2.05) is 36.6 Å². The third-order valence-corrected chi connectivity index (χ3v) is 5.00. The molecule has 1 amide bonds. The van der Waals surface area contributed by atoms with E-state index in [2.05, 4.69) is 25.7 Å². The number of halogens is 1. The molecule has 0 atom stereocenters. The van der Waals surface area contributed by atoms with E-state index in [4.69, 9.17) is 0 Å². The zero-order valence-electron chi connectivity index (χ0n) is 15.5. The molecule has 2 aromatic carbocycles. The Bertz CT molecular complexity index is 1120. The fourth-order valence-corrected chi connectivity index (χ4v) is 3.44. The number of rotatable bonds is 6. The number of amides is 1. The van der Waals surface area contributed by atoms with Gasteiger partial charge in [0.15, 0.2) is 0 Å². The highest BCUT2D eigenvalue weighted by Crippen LogP contribution is 2.16. The highest BCUT2D eigenvalue weighted by atomic mass is 32.1. The van der Waals surface area contributed by atoms with Crippen LogP contribution in [-0.4, -0.2) is 31.1 Å². The van der Waals surface area contributed by atoms with Gasteiger partial charge in [0.05, 0.1) is 12.1 Å². The molecule has 0 saturated carbocycles. The molecule has 0 saturated heterocycles. The zero-order valence-corrected chi connectivity index (χ0v) is 16.4. The van der Waals surface area contributed by atoms with E-state index in [-0.39, 0.29) is 18.1 Å². The Morgan fingerprint density at radius 3 is 2.66 bits per heavy atom. The quantitative estimate of drug-likeness (QED) is 0.528. The molecule has 4 aromatic rings. The SMILES string of the molecule is Cc1ccc(NC(=O)Cc2nc(Cn3nnc(-c4ccc(F)cc4)n3)cs2)cc1. The summed E-state index contributed by atoms with van der Waals surface area (Å²) in [6.45, 7) is 2.33. The highest BCUT2D eigenvalue weighted by molar-refractivity contribution is 7.09. The number of thiazole rings is 1. The lowest BCUT2D eigenvalue weighted by Crippen LogP contribution is -2.14. The second kappa shape index (κ2) is 8.27. The molecular weight excluding hydrogens is 391 g/mol. The fraction of sp³-hybridized carbons (Fsp3) is 0.150. The van der Waals surface area contributed by atoms with Crippen LogP contribution in [0.5, 0.6) is 0 Å². The Hall–Kier alpha value is -3.46. The largest absolute Gasteiger partial charge is 0.326 e. The van der Waals surface area contributed by atoms with Gasteiger partial charge in [-0.2, -0.15) is 4.80 Å². The molecule has 0 unspecified atom stereocenters. The van der Waals surface area contributed by atoms with Gasteiger partial charge in [-0.15, -0.1) is 21.5 Å². The maximum Gasteiger partial charge on any atom is 0.231 e. The Kier molecular flexibility index (Phi) is 5.39. The highest BCUT2D eigenvalue weighted by Gasteiger charge is 2.11. The predicted molar refractivity (Wildman–Crippen MR) is 108 cm³/mol. The number of benzene rings is 2. The van der Waals surface area contributed by atoms with E-state index < -0.39 is 0 Å². The number of hydrogen-bond acceptors (Lipinski definition) is 6. The summed E-state index contributed by atoms with van der Waals surface area (Å²) < 4.78 is 13.0. The first-order valence-corrected chi connectivity index (χ1v) is 9.77. The Labute approximate surface area is 170 Å². The normalized spacial score (nSPS) is 10.8. The van der Waals surface area contributed by atoms with Crippen LogP contribution in [0.4, 0.5) is 10.1 Å². The zero-order chi connectivity index (χ0) is 20.2. The molecule has 0 aliphatic heterocycles. The molecule has 7 nitrogen and oxygen atoms in total. The van der Waals surface area contributed by atoms with Gasteiger partial charge < -0.3 is 5.32 Å². The molecule has 0 bridgehead atoms. The summed E-state index contributed by atoms with van der Waals surface area (Å²) in [5, 5.41) is 17.7. The molecular formula is C20H17FN6OS. The van der Waals surface area contributed by atoms with Crippen LogP contribution in [0.25, 0.3) is 11.4 Å². The number of aryl methyl sites for hydroxylation is 1. The first-order valence-electron chi connectivity index (χ1n) is 8.89. The van der Waals surface area contributed by atoms with E-state index >= 15 is 0 Å². The van der Waals surface area contributed by atoms with E-state index in [0.717, 1.165) is 16.9 Å². The van der Waals surface area contributed by atoms with Crippen molar-refractivity contribution in [2.45, 2.75) is 19.9 Å².